The van der Waals surface area contributed by atoms with Gasteiger partial charge in [-0.05, 0) is 29.3 Å². The molecule has 1 fully saturated rings. The molecule has 0 bridgehead atoms. The number of rotatable bonds is 3. The number of carbonyl (C=O) groups is 2. The first-order valence-electron chi connectivity index (χ1n) is 7.14. The molecule has 0 unspecified atom stereocenters. The SMILES string of the molecule is O=C(/C=C/c1ccc(Br)cc1)N1C(=O)OC[C@H]1c1ccccc1. The van der Waals surface area contributed by atoms with Crippen LogP contribution in [0.3, 0.4) is 0 Å². The zero-order valence-electron chi connectivity index (χ0n) is 12.2. The van der Waals surface area contributed by atoms with Gasteiger partial charge in [0.2, 0.25) is 0 Å². The summed E-state index contributed by atoms with van der Waals surface area (Å²) in [5.41, 5.74) is 1.76. The number of benzene rings is 2. The topological polar surface area (TPSA) is 46.6 Å². The summed E-state index contributed by atoms with van der Waals surface area (Å²) in [5, 5.41) is 0. The van der Waals surface area contributed by atoms with E-state index >= 15 is 0 Å². The molecule has 3 rings (SSSR count). The summed E-state index contributed by atoms with van der Waals surface area (Å²) in [6.45, 7) is 0.181. The minimum atomic E-state index is -0.607. The number of halogens is 1. The number of carbonyl (C=O) groups excluding carboxylic acids is 2. The second-order valence-electron chi connectivity index (χ2n) is 5.10. The van der Waals surface area contributed by atoms with Crippen LogP contribution in [-0.4, -0.2) is 23.5 Å². The highest BCUT2D eigenvalue weighted by atomic mass is 79.9. The van der Waals surface area contributed by atoms with Gasteiger partial charge in [-0.25, -0.2) is 9.69 Å². The van der Waals surface area contributed by atoms with E-state index in [1.165, 1.54) is 6.08 Å². The molecule has 0 radical (unpaired) electrons. The van der Waals surface area contributed by atoms with Crippen LogP contribution in [0.15, 0.2) is 65.1 Å². The van der Waals surface area contributed by atoms with Crippen LogP contribution in [0.5, 0.6) is 0 Å². The van der Waals surface area contributed by atoms with Gasteiger partial charge >= 0.3 is 6.09 Å². The Morgan fingerprint density at radius 2 is 1.83 bits per heavy atom. The second kappa shape index (κ2) is 6.79. The first-order valence-corrected chi connectivity index (χ1v) is 7.93. The first kappa shape index (κ1) is 15.5. The molecular formula is C18H14BrNO3. The molecule has 1 saturated heterocycles. The fourth-order valence-corrected chi connectivity index (χ4v) is 2.67. The molecule has 1 atom stereocenters. The van der Waals surface area contributed by atoms with Gasteiger partial charge in [-0.3, -0.25) is 4.79 Å². The van der Waals surface area contributed by atoms with Crippen LogP contribution >= 0.6 is 15.9 Å². The van der Waals surface area contributed by atoms with Crippen LogP contribution in [0.4, 0.5) is 4.79 Å². The van der Waals surface area contributed by atoms with E-state index in [4.69, 9.17) is 4.74 Å². The van der Waals surface area contributed by atoms with Crippen LogP contribution in [0.2, 0.25) is 0 Å². The van der Waals surface area contributed by atoms with Gasteiger partial charge in [-0.15, -0.1) is 0 Å². The maximum atomic E-state index is 12.4. The fourth-order valence-electron chi connectivity index (χ4n) is 2.41. The predicted molar refractivity (Wildman–Crippen MR) is 90.6 cm³/mol. The summed E-state index contributed by atoms with van der Waals surface area (Å²) in [4.78, 5) is 25.5. The third-order valence-corrected chi connectivity index (χ3v) is 4.11. The Balaban J connectivity index is 1.79. The molecule has 116 valence electrons. The van der Waals surface area contributed by atoms with Gasteiger partial charge in [0, 0.05) is 10.5 Å². The summed E-state index contributed by atoms with van der Waals surface area (Å²) in [6, 6.07) is 16.6. The van der Waals surface area contributed by atoms with Gasteiger partial charge in [0.15, 0.2) is 0 Å². The summed E-state index contributed by atoms with van der Waals surface area (Å²) >= 11 is 3.36. The summed E-state index contributed by atoms with van der Waals surface area (Å²) in [7, 11) is 0. The summed E-state index contributed by atoms with van der Waals surface area (Å²) < 4.78 is 6.01. The highest BCUT2D eigenvalue weighted by molar-refractivity contribution is 9.10. The minimum absolute atomic E-state index is 0.181. The Morgan fingerprint density at radius 3 is 2.52 bits per heavy atom. The van der Waals surface area contributed by atoms with Gasteiger partial charge in [-0.1, -0.05) is 58.4 Å². The lowest BCUT2D eigenvalue weighted by molar-refractivity contribution is -0.124. The number of ether oxygens (including phenoxy) is 1. The van der Waals surface area contributed by atoms with E-state index in [2.05, 4.69) is 15.9 Å². The summed E-state index contributed by atoms with van der Waals surface area (Å²) in [5.74, 6) is -0.385. The third kappa shape index (κ3) is 3.51. The van der Waals surface area contributed by atoms with E-state index in [0.29, 0.717) is 0 Å². The van der Waals surface area contributed by atoms with Crippen molar-refractivity contribution in [3.63, 3.8) is 0 Å². The van der Waals surface area contributed by atoms with Gasteiger partial charge in [0.1, 0.15) is 12.6 Å². The molecule has 2 aromatic rings. The van der Waals surface area contributed by atoms with E-state index in [0.717, 1.165) is 20.5 Å². The smallest absolute Gasteiger partial charge is 0.417 e. The van der Waals surface area contributed by atoms with Crippen molar-refractivity contribution in [3.05, 3.63) is 76.3 Å². The monoisotopic (exact) mass is 371 g/mol. The van der Waals surface area contributed by atoms with Crippen molar-refractivity contribution in [2.45, 2.75) is 6.04 Å². The highest BCUT2D eigenvalue weighted by Gasteiger charge is 2.37. The van der Waals surface area contributed by atoms with E-state index < -0.39 is 6.09 Å². The maximum Gasteiger partial charge on any atom is 0.417 e. The lowest BCUT2D eigenvalue weighted by atomic mass is 10.1. The molecule has 23 heavy (non-hydrogen) atoms. The predicted octanol–water partition coefficient (Wildman–Crippen LogP) is 4.18. The molecule has 1 heterocycles. The average Bonchev–Trinajstić information content (AvgIpc) is 2.96. The molecular weight excluding hydrogens is 358 g/mol. The van der Waals surface area contributed by atoms with Crippen molar-refractivity contribution in [2.24, 2.45) is 0 Å². The molecule has 0 aromatic heterocycles. The van der Waals surface area contributed by atoms with Crippen molar-refractivity contribution >= 4 is 34.0 Å². The van der Waals surface area contributed by atoms with Crippen molar-refractivity contribution in [2.75, 3.05) is 6.61 Å². The van der Waals surface area contributed by atoms with Crippen molar-refractivity contribution in [1.82, 2.24) is 4.90 Å². The largest absolute Gasteiger partial charge is 0.446 e. The van der Waals surface area contributed by atoms with Gasteiger partial charge < -0.3 is 4.74 Å². The molecule has 2 amide bonds. The lowest BCUT2D eigenvalue weighted by Crippen LogP contribution is -2.32. The van der Waals surface area contributed by atoms with Crippen molar-refractivity contribution < 1.29 is 14.3 Å². The molecule has 5 heteroatoms. The van der Waals surface area contributed by atoms with Crippen molar-refractivity contribution in [1.29, 1.82) is 0 Å². The van der Waals surface area contributed by atoms with Crippen LogP contribution in [-0.2, 0) is 9.53 Å². The zero-order valence-corrected chi connectivity index (χ0v) is 13.8. The minimum Gasteiger partial charge on any atom is -0.446 e. The highest BCUT2D eigenvalue weighted by Crippen LogP contribution is 2.28. The normalized spacial score (nSPS) is 17.5. The maximum absolute atomic E-state index is 12.4. The van der Waals surface area contributed by atoms with Gasteiger partial charge in [-0.2, -0.15) is 0 Å². The number of hydrogen-bond donors (Lipinski definition) is 0. The number of hydrogen-bond acceptors (Lipinski definition) is 3. The van der Waals surface area contributed by atoms with Crippen molar-refractivity contribution in [3.8, 4) is 0 Å². The van der Waals surface area contributed by atoms with E-state index in [-0.39, 0.29) is 18.6 Å². The van der Waals surface area contributed by atoms with E-state index in [1.54, 1.807) is 6.08 Å². The van der Waals surface area contributed by atoms with Crippen LogP contribution < -0.4 is 0 Å². The Bertz CT molecular complexity index is 741. The second-order valence-corrected chi connectivity index (χ2v) is 6.01. The Labute approximate surface area is 142 Å². The zero-order chi connectivity index (χ0) is 16.2. The fraction of sp³-hybridized carbons (Fsp3) is 0.111. The molecule has 1 aliphatic rings. The standard InChI is InChI=1S/C18H14BrNO3/c19-15-9-6-13(7-10-15)8-11-17(21)20-16(12-23-18(20)22)14-4-2-1-3-5-14/h1-11,16H,12H2/b11-8+/t16-/m0/s1. The van der Waals surface area contributed by atoms with Gasteiger partial charge in [0.25, 0.3) is 5.91 Å². The molecule has 0 spiro atoms. The average molecular weight is 372 g/mol. The van der Waals surface area contributed by atoms with E-state index in [1.807, 2.05) is 54.6 Å². The number of amides is 2. The Morgan fingerprint density at radius 1 is 1.13 bits per heavy atom. The van der Waals surface area contributed by atoms with Crippen LogP contribution in [0, 0.1) is 0 Å². The molecule has 1 aliphatic heterocycles. The number of imide groups is 1. The Kier molecular flexibility index (Phi) is 4.57. The van der Waals surface area contributed by atoms with Crippen LogP contribution in [0.1, 0.15) is 17.2 Å². The Hall–Kier alpha value is -2.40. The van der Waals surface area contributed by atoms with Crippen LogP contribution in [0.25, 0.3) is 6.08 Å². The lowest BCUT2D eigenvalue weighted by Gasteiger charge is -2.18. The molecule has 0 saturated carbocycles. The molecule has 0 N–H and O–H groups in total. The molecule has 0 aliphatic carbocycles. The molecule has 2 aromatic carbocycles. The third-order valence-electron chi connectivity index (χ3n) is 3.58. The summed E-state index contributed by atoms with van der Waals surface area (Å²) in [6.07, 6.45) is 2.47. The first-order chi connectivity index (χ1) is 11.1. The molecule has 4 nitrogen and oxygen atoms in total. The van der Waals surface area contributed by atoms with E-state index in [9.17, 15) is 9.59 Å². The quantitative estimate of drug-likeness (QED) is 0.760. The number of cyclic esters (lactones) is 1. The number of nitrogens with zero attached hydrogens (tertiary/aromatic N) is 1. The van der Waals surface area contributed by atoms with Gasteiger partial charge in [0.05, 0.1) is 0 Å².